The van der Waals surface area contributed by atoms with Crippen molar-refractivity contribution < 1.29 is 72.4 Å². The number of phosphoric ester groups is 2. The summed E-state index contributed by atoms with van der Waals surface area (Å²) in [4.78, 5) is 31.6. The fraction of sp³-hybridized carbons (Fsp3) is 0.706. The molecule has 2 aromatic heterocycles. The van der Waals surface area contributed by atoms with Crippen molar-refractivity contribution in [2.45, 2.75) is 61.7 Å². The van der Waals surface area contributed by atoms with Crippen LogP contribution >= 0.6 is 15.6 Å². The number of hydrogen-bond donors (Lipinski definition) is 9. The Morgan fingerprint density at radius 3 is 2.49 bits per heavy atom. The third-order valence-corrected chi connectivity index (χ3v) is 8.52. The van der Waals surface area contributed by atoms with Crippen LogP contribution in [0.3, 0.4) is 0 Å². The predicted molar refractivity (Wildman–Crippen MR) is 122 cm³/mol. The van der Waals surface area contributed by atoms with E-state index in [1.165, 1.54) is 10.9 Å². The van der Waals surface area contributed by atoms with Gasteiger partial charge in [-0.15, -0.1) is 0 Å². The van der Waals surface area contributed by atoms with E-state index in [2.05, 4.69) is 28.3 Å². The number of rotatable bonds is 10. The van der Waals surface area contributed by atoms with Crippen LogP contribution in [-0.2, 0) is 32.0 Å². The fourth-order valence-corrected chi connectivity index (χ4v) is 6.10. The topological polar surface area (TPSA) is 312 Å². The van der Waals surface area contributed by atoms with Crippen molar-refractivity contribution >= 4 is 32.6 Å². The van der Waals surface area contributed by atoms with Crippen LogP contribution in [0.2, 0.25) is 0 Å². The van der Waals surface area contributed by atoms with E-state index >= 15 is 0 Å². The molecule has 0 amide bonds. The zero-order valence-electron chi connectivity index (χ0n) is 19.7. The Balaban J connectivity index is 1.37. The van der Waals surface area contributed by atoms with Gasteiger partial charge in [-0.3, -0.25) is 13.6 Å². The third kappa shape index (κ3) is 6.62. The van der Waals surface area contributed by atoms with Crippen molar-refractivity contribution in [1.29, 1.82) is 0 Å². The number of fused-ring (bicyclic) bond motifs is 1. The van der Waals surface area contributed by atoms with E-state index in [0.29, 0.717) is 0 Å². The van der Waals surface area contributed by atoms with Crippen LogP contribution in [0.5, 0.6) is 0 Å². The summed E-state index contributed by atoms with van der Waals surface area (Å²) >= 11 is 0. The first kappa shape index (κ1) is 30.3. The average molecular weight is 603 g/mol. The van der Waals surface area contributed by atoms with Gasteiger partial charge in [0.2, 0.25) is 0 Å². The molecule has 2 saturated heterocycles. The molecule has 0 saturated carbocycles. The first-order chi connectivity index (χ1) is 18.2. The van der Waals surface area contributed by atoms with E-state index < -0.39 is 84.1 Å². The molecule has 0 bridgehead atoms. The number of nitrogens with zero attached hydrogens (tertiary/aromatic N) is 4. The largest absolute Gasteiger partial charge is 0.483 e. The second kappa shape index (κ2) is 11.6. The second-order valence-electron chi connectivity index (χ2n) is 8.64. The summed E-state index contributed by atoms with van der Waals surface area (Å²) < 4.78 is 49.8. The molecule has 2 fully saturated rings. The number of aliphatic hydroxyl groups excluding tert-OH is 6. The van der Waals surface area contributed by atoms with Crippen LogP contribution < -0.4 is 5.73 Å². The van der Waals surface area contributed by atoms with Gasteiger partial charge in [0.25, 0.3) is 0 Å². The van der Waals surface area contributed by atoms with Gasteiger partial charge in [-0.1, -0.05) is 0 Å². The highest BCUT2D eigenvalue weighted by atomic mass is 31.3. The number of ether oxygens (including phenoxy) is 2. The molecule has 20 nitrogen and oxygen atoms in total. The first-order valence-electron chi connectivity index (χ1n) is 11.2. The molecule has 39 heavy (non-hydrogen) atoms. The maximum atomic E-state index is 12.3. The van der Waals surface area contributed by atoms with Crippen LogP contribution in [-0.4, -0.2) is 122 Å². The minimum atomic E-state index is -5.55. The van der Waals surface area contributed by atoms with Crippen LogP contribution in [0.15, 0.2) is 12.7 Å². The molecule has 2 aliphatic rings. The SMILES string of the molecule is Nc1ncnc2c1ncn2[C@@H]1O[C@H](COP(=O)(O)OP(=O)(O)O[C@H]2O[C@H]([C@@H](O)CO)C[C@H](O)[C@@H]2O)[C@@H](O)[C@H]1O. The van der Waals surface area contributed by atoms with Gasteiger partial charge in [-0.2, -0.15) is 4.31 Å². The van der Waals surface area contributed by atoms with E-state index in [1.807, 2.05) is 0 Å². The monoisotopic (exact) mass is 603 g/mol. The fourth-order valence-electron chi connectivity index (χ4n) is 3.94. The Morgan fingerprint density at radius 1 is 1.08 bits per heavy atom. The van der Waals surface area contributed by atoms with E-state index in [0.717, 1.165) is 6.33 Å². The molecule has 10 N–H and O–H groups in total. The van der Waals surface area contributed by atoms with Crippen LogP contribution in [0.25, 0.3) is 11.2 Å². The normalized spacial score (nSPS) is 35.5. The van der Waals surface area contributed by atoms with Gasteiger partial charge >= 0.3 is 15.6 Å². The minimum Gasteiger partial charge on any atom is -0.394 e. The molecule has 11 atom stereocenters. The van der Waals surface area contributed by atoms with Gasteiger partial charge in [0.1, 0.15) is 42.4 Å². The van der Waals surface area contributed by atoms with Gasteiger partial charge in [0.05, 0.1) is 31.7 Å². The van der Waals surface area contributed by atoms with E-state index in [-0.39, 0.29) is 23.4 Å². The van der Waals surface area contributed by atoms with E-state index in [4.69, 9.17) is 20.3 Å². The van der Waals surface area contributed by atoms with Crippen molar-refractivity contribution in [3.05, 3.63) is 12.7 Å². The maximum Gasteiger partial charge on any atom is 0.483 e. The van der Waals surface area contributed by atoms with Gasteiger partial charge < -0.3 is 55.6 Å². The molecular weight excluding hydrogens is 576 g/mol. The van der Waals surface area contributed by atoms with Gasteiger partial charge in [-0.05, 0) is 0 Å². The average Bonchev–Trinajstić information content (AvgIpc) is 3.41. The molecule has 0 aromatic carbocycles. The minimum absolute atomic E-state index is 0.0430. The summed E-state index contributed by atoms with van der Waals surface area (Å²) in [7, 11) is -11.0. The molecule has 4 rings (SSSR count). The lowest BCUT2D eigenvalue weighted by atomic mass is 9.99. The van der Waals surface area contributed by atoms with Crippen LogP contribution in [0, 0.1) is 0 Å². The number of nitrogen functional groups attached to an aromatic ring is 1. The zero-order valence-corrected chi connectivity index (χ0v) is 21.5. The number of anilines is 1. The van der Waals surface area contributed by atoms with E-state index in [1.54, 1.807) is 0 Å². The Hall–Kier alpha value is -1.71. The lowest BCUT2D eigenvalue weighted by molar-refractivity contribution is -0.257. The lowest BCUT2D eigenvalue weighted by Gasteiger charge is -2.38. The Bertz CT molecular complexity index is 1250. The Morgan fingerprint density at radius 2 is 1.79 bits per heavy atom. The van der Waals surface area contributed by atoms with Gasteiger partial charge in [-0.25, -0.2) is 24.1 Å². The zero-order chi connectivity index (χ0) is 28.7. The summed E-state index contributed by atoms with van der Waals surface area (Å²) in [5.41, 5.74) is 6.06. The second-order valence-corrected chi connectivity index (χ2v) is 11.6. The first-order valence-corrected chi connectivity index (χ1v) is 14.2. The number of aliphatic hydroxyl groups is 6. The summed E-state index contributed by atoms with van der Waals surface area (Å²) in [5, 5.41) is 59.4. The summed E-state index contributed by atoms with van der Waals surface area (Å²) in [6.07, 6.45) is -12.6. The van der Waals surface area contributed by atoms with Crippen molar-refractivity contribution in [2.75, 3.05) is 18.9 Å². The van der Waals surface area contributed by atoms with Gasteiger partial charge in [0, 0.05) is 6.42 Å². The predicted octanol–water partition coefficient (Wildman–Crippen LogP) is -3.53. The summed E-state index contributed by atoms with van der Waals surface area (Å²) in [6, 6.07) is 0. The third-order valence-electron chi connectivity index (χ3n) is 5.92. The molecular formula is C17H27N5O15P2. The molecule has 220 valence electrons. The van der Waals surface area contributed by atoms with Crippen molar-refractivity contribution in [3.63, 3.8) is 0 Å². The Labute approximate surface area is 218 Å². The standard InChI is InChI=1S/C17H27N5O15P2/c18-14-10-15(20-4-19-14)22(5-21-10)16-13(28)12(27)9(34-16)3-33-38(29,30)37-39(31,32)36-17-11(26)6(24)1-8(35-17)7(25)2-23/h4-9,11-13,16-17,23-28H,1-3H2,(H,29,30)(H,31,32)(H2,18,19,20)/t6-,7-,8-,9+,11-,12+,13+,16+,17+/m0/s1. The Kier molecular flexibility index (Phi) is 9.04. The summed E-state index contributed by atoms with van der Waals surface area (Å²) in [5.74, 6) is 0.0430. The molecule has 2 aliphatic heterocycles. The molecule has 0 aliphatic carbocycles. The van der Waals surface area contributed by atoms with Gasteiger partial charge in [0.15, 0.2) is 24.0 Å². The van der Waals surface area contributed by atoms with Crippen molar-refractivity contribution in [1.82, 2.24) is 19.5 Å². The smallest absolute Gasteiger partial charge is 0.394 e. The molecule has 0 radical (unpaired) electrons. The lowest BCUT2D eigenvalue weighted by Crippen LogP contribution is -2.52. The van der Waals surface area contributed by atoms with Crippen LogP contribution in [0.4, 0.5) is 5.82 Å². The number of phosphoric acid groups is 2. The highest BCUT2D eigenvalue weighted by Gasteiger charge is 2.48. The van der Waals surface area contributed by atoms with Crippen molar-refractivity contribution in [2.24, 2.45) is 0 Å². The number of hydrogen-bond acceptors (Lipinski definition) is 17. The highest BCUT2D eigenvalue weighted by molar-refractivity contribution is 7.61. The maximum absolute atomic E-state index is 12.3. The van der Waals surface area contributed by atoms with Crippen molar-refractivity contribution in [3.8, 4) is 0 Å². The molecule has 2 unspecified atom stereocenters. The van der Waals surface area contributed by atoms with Crippen LogP contribution in [0.1, 0.15) is 12.6 Å². The summed E-state index contributed by atoms with van der Waals surface area (Å²) in [6.45, 7) is -1.74. The molecule has 22 heteroatoms. The quantitative estimate of drug-likeness (QED) is 0.119. The van der Waals surface area contributed by atoms with E-state index in [9.17, 15) is 44.4 Å². The number of aromatic nitrogens is 4. The highest BCUT2D eigenvalue weighted by Crippen LogP contribution is 2.61. The molecule has 2 aromatic rings. The molecule has 0 spiro atoms. The number of imidazole rings is 1. The molecule has 4 heterocycles. The number of nitrogens with two attached hydrogens (primary N) is 1.